The van der Waals surface area contributed by atoms with Crippen LogP contribution in [0.3, 0.4) is 0 Å². The number of carboxylic acid groups (broad SMARTS) is 1. The molecule has 0 aromatic carbocycles. The van der Waals surface area contributed by atoms with Gasteiger partial charge in [-0.1, -0.05) is 12.8 Å². The highest BCUT2D eigenvalue weighted by atomic mass is 32.2. The molecule has 0 saturated heterocycles. The quantitative estimate of drug-likeness (QED) is 0.831. The molecule has 2 aliphatic rings. The van der Waals surface area contributed by atoms with Crippen LogP contribution >= 0.6 is 11.8 Å². The molecule has 2 N–H and O–H groups in total. The lowest BCUT2D eigenvalue weighted by atomic mass is 9.92. The minimum atomic E-state index is -0.816. The van der Waals surface area contributed by atoms with Gasteiger partial charge >= 0.3 is 5.97 Å². The van der Waals surface area contributed by atoms with E-state index in [-0.39, 0.29) is 17.9 Å². The van der Waals surface area contributed by atoms with E-state index in [1.165, 1.54) is 6.42 Å². The van der Waals surface area contributed by atoms with Crippen molar-refractivity contribution in [2.24, 2.45) is 11.8 Å². The van der Waals surface area contributed by atoms with Gasteiger partial charge in [-0.25, -0.2) is 0 Å². The van der Waals surface area contributed by atoms with Crippen molar-refractivity contribution >= 4 is 23.6 Å². The van der Waals surface area contributed by atoms with E-state index < -0.39 is 11.9 Å². The molecule has 0 aromatic heterocycles. The van der Waals surface area contributed by atoms with Crippen molar-refractivity contribution in [1.29, 1.82) is 0 Å². The maximum absolute atomic E-state index is 12.2. The van der Waals surface area contributed by atoms with E-state index >= 15 is 0 Å². The van der Waals surface area contributed by atoms with Gasteiger partial charge in [-0.15, -0.1) is 0 Å². The van der Waals surface area contributed by atoms with Gasteiger partial charge in [-0.2, -0.15) is 11.8 Å². The number of carbonyl (C=O) groups is 2. The number of thioether (sulfide) groups is 1. The number of aliphatic carboxylic acids is 1. The minimum Gasteiger partial charge on any atom is -0.481 e. The molecule has 2 fully saturated rings. The van der Waals surface area contributed by atoms with Gasteiger partial charge in [-0.05, 0) is 38.4 Å². The zero-order valence-electron chi connectivity index (χ0n) is 11.4. The van der Waals surface area contributed by atoms with Crippen LogP contribution in [-0.2, 0) is 9.59 Å². The molecule has 0 aliphatic heterocycles. The molecule has 0 spiro atoms. The van der Waals surface area contributed by atoms with Crippen LogP contribution in [-0.4, -0.2) is 34.5 Å². The Morgan fingerprint density at radius 1 is 1.11 bits per heavy atom. The molecule has 108 valence electrons. The summed E-state index contributed by atoms with van der Waals surface area (Å²) < 4.78 is 0. The second kappa shape index (κ2) is 6.64. The maximum Gasteiger partial charge on any atom is 0.307 e. The predicted octanol–water partition coefficient (Wildman–Crippen LogP) is 2.28. The zero-order valence-corrected chi connectivity index (χ0v) is 12.2. The van der Waals surface area contributed by atoms with E-state index in [4.69, 9.17) is 5.11 Å². The Kier molecular flexibility index (Phi) is 5.13. The molecule has 0 aromatic rings. The van der Waals surface area contributed by atoms with Gasteiger partial charge in [0.25, 0.3) is 0 Å². The van der Waals surface area contributed by atoms with Crippen molar-refractivity contribution in [3.05, 3.63) is 0 Å². The second-order valence-electron chi connectivity index (χ2n) is 5.71. The monoisotopic (exact) mass is 285 g/mol. The average Bonchev–Trinajstić information content (AvgIpc) is 2.88. The highest BCUT2D eigenvalue weighted by molar-refractivity contribution is 7.99. The Labute approximate surface area is 118 Å². The summed E-state index contributed by atoms with van der Waals surface area (Å²) in [5.41, 5.74) is 0. The second-order valence-corrected chi connectivity index (χ2v) is 6.85. The number of rotatable bonds is 4. The smallest absolute Gasteiger partial charge is 0.307 e. The first kappa shape index (κ1) is 14.7. The summed E-state index contributed by atoms with van der Waals surface area (Å²) in [6.45, 7) is 0. The van der Waals surface area contributed by atoms with Crippen LogP contribution in [0.2, 0.25) is 0 Å². The van der Waals surface area contributed by atoms with Crippen molar-refractivity contribution in [2.75, 3.05) is 6.26 Å². The number of nitrogens with one attached hydrogen (secondary N) is 1. The molecule has 0 radical (unpaired) electrons. The lowest BCUT2D eigenvalue weighted by Gasteiger charge is -2.30. The number of hydrogen-bond acceptors (Lipinski definition) is 3. The SMILES string of the molecule is CSC1CCCC(NC(=O)[C@@H]2CCC[C@@H]2C(=O)O)C1. The number of carboxylic acids is 1. The van der Waals surface area contributed by atoms with Crippen LogP contribution in [0.1, 0.15) is 44.9 Å². The fraction of sp³-hybridized carbons (Fsp3) is 0.857. The lowest BCUT2D eigenvalue weighted by Crippen LogP contribution is -2.43. The number of hydrogen-bond donors (Lipinski definition) is 2. The van der Waals surface area contributed by atoms with Crippen molar-refractivity contribution in [1.82, 2.24) is 5.32 Å². The summed E-state index contributed by atoms with van der Waals surface area (Å²) in [5, 5.41) is 12.9. The summed E-state index contributed by atoms with van der Waals surface area (Å²) in [5.74, 6) is -1.63. The topological polar surface area (TPSA) is 66.4 Å². The fourth-order valence-electron chi connectivity index (χ4n) is 3.37. The van der Waals surface area contributed by atoms with Crippen LogP contribution in [0.15, 0.2) is 0 Å². The first-order valence-corrected chi connectivity index (χ1v) is 8.46. The molecule has 5 heteroatoms. The Balaban J connectivity index is 1.88. The largest absolute Gasteiger partial charge is 0.481 e. The van der Waals surface area contributed by atoms with Crippen molar-refractivity contribution in [3.63, 3.8) is 0 Å². The summed E-state index contributed by atoms with van der Waals surface area (Å²) in [7, 11) is 0. The molecule has 0 bridgehead atoms. The van der Waals surface area contributed by atoms with Gasteiger partial charge in [0.2, 0.25) is 5.91 Å². The zero-order chi connectivity index (χ0) is 13.8. The van der Waals surface area contributed by atoms with Crippen LogP contribution in [0.5, 0.6) is 0 Å². The minimum absolute atomic E-state index is 0.0309. The van der Waals surface area contributed by atoms with Crippen molar-refractivity contribution < 1.29 is 14.7 Å². The third kappa shape index (κ3) is 3.65. The average molecular weight is 285 g/mol. The normalized spacial score (nSPS) is 35.0. The van der Waals surface area contributed by atoms with Gasteiger partial charge in [0, 0.05) is 11.3 Å². The molecule has 2 aliphatic carbocycles. The van der Waals surface area contributed by atoms with E-state index in [1.54, 1.807) is 0 Å². The van der Waals surface area contributed by atoms with E-state index in [1.807, 2.05) is 11.8 Å². The van der Waals surface area contributed by atoms with Gasteiger partial charge in [0.15, 0.2) is 0 Å². The van der Waals surface area contributed by atoms with Gasteiger partial charge in [0.1, 0.15) is 0 Å². The van der Waals surface area contributed by atoms with Crippen LogP contribution < -0.4 is 5.32 Å². The fourth-order valence-corrected chi connectivity index (χ4v) is 4.19. The van der Waals surface area contributed by atoms with Gasteiger partial charge in [-0.3, -0.25) is 9.59 Å². The molecule has 19 heavy (non-hydrogen) atoms. The first-order chi connectivity index (χ1) is 9.11. The lowest BCUT2D eigenvalue weighted by molar-refractivity contribution is -0.146. The maximum atomic E-state index is 12.2. The standard InChI is InChI=1S/C14H23NO3S/c1-19-10-5-2-4-9(8-10)15-13(16)11-6-3-7-12(11)14(17)18/h9-12H,2-8H2,1H3,(H,15,16)(H,17,18)/t9?,10?,11-,12+/m1/s1. The molecule has 2 unspecified atom stereocenters. The Bertz CT molecular complexity index is 348. The first-order valence-electron chi connectivity index (χ1n) is 7.17. The number of carbonyl (C=O) groups excluding carboxylic acids is 1. The van der Waals surface area contributed by atoms with Crippen LogP contribution in [0.25, 0.3) is 0 Å². The molecule has 0 heterocycles. The van der Waals surface area contributed by atoms with E-state index in [2.05, 4.69) is 11.6 Å². The Morgan fingerprint density at radius 3 is 2.47 bits per heavy atom. The van der Waals surface area contributed by atoms with Crippen molar-refractivity contribution in [3.8, 4) is 0 Å². The molecule has 4 nitrogen and oxygen atoms in total. The van der Waals surface area contributed by atoms with E-state index in [9.17, 15) is 9.59 Å². The third-order valence-electron chi connectivity index (χ3n) is 4.48. The molecule has 4 atom stereocenters. The summed E-state index contributed by atoms with van der Waals surface area (Å²) in [6.07, 6.45) is 8.79. The summed E-state index contributed by atoms with van der Waals surface area (Å²) >= 11 is 1.87. The van der Waals surface area contributed by atoms with E-state index in [0.717, 1.165) is 32.1 Å². The molecule has 2 rings (SSSR count). The molecular formula is C14H23NO3S. The summed E-state index contributed by atoms with van der Waals surface area (Å²) in [6, 6.07) is 0.244. The Hall–Kier alpha value is -0.710. The molecular weight excluding hydrogens is 262 g/mol. The highest BCUT2D eigenvalue weighted by Gasteiger charge is 2.38. The van der Waals surface area contributed by atoms with Gasteiger partial charge < -0.3 is 10.4 Å². The molecule has 2 saturated carbocycles. The van der Waals surface area contributed by atoms with Gasteiger partial charge in [0.05, 0.1) is 11.8 Å². The number of amides is 1. The third-order valence-corrected chi connectivity index (χ3v) is 5.57. The van der Waals surface area contributed by atoms with E-state index in [0.29, 0.717) is 11.7 Å². The predicted molar refractivity (Wildman–Crippen MR) is 76.2 cm³/mol. The van der Waals surface area contributed by atoms with Crippen molar-refractivity contribution in [2.45, 2.75) is 56.2 Å². The highest BCUT2D eigenvalue weighted by Crippen LogP contribution is 2.33. The Morgan fingerprint density at radius 2 is 1.79 bits per heavy atom. The molecule has 1 amide bonds. The van der Waals surface area contributed by atoms with Crippen LogP contribution in [0.4, 0.5) is 0 Å². The summed E-state index contributed by atoms with van der Waals surface area (Å²) in [4.78, 5) is 23.4. The van der Waals surface area contributed by atoms with Crippen LogP contribution in [0, 0.1) is 11.8 Å².